The van der Waals surface area contributed by atoms with Crippen molar-refractivity contribution in [1.29, 1.82) is 0 Å². The lowest BCUT2D eigenvalue weighted by Crippen LogP contribution is -2.36. The van der Waals surface area contributed by atoms with Gasteiger partial charge in [-0.3, -0.25) is 0 Å². The van der Waals surface area contributed by atoms with Crippen LogP contribution in [-0.4, -0.2) is 42.5 Å². The van der Waals surface area contributed by atoms with Crippen LogP contribution in [-0.2, 0) is 11.2 Å². The van der Waals surface area contributed by atoms with Gasteiger partial charge in [-0.15, -0.1) is 10.2 Å². The number of aryl methyl sites for hydroxylation is 1. The maximum absolute atomic E-state index is 12.3. The summed E-state index contributed by atoms with van der Waals surface area (Å²) in [6, 6.07) is 19.0. The first-order valence-electron chi connectivity index (χ1n) is 10.2. The summed E-state index contributed by atoms with van der Waals surface area (Å²) in [5.41, 5.74) is 4.37. The van der Waals surface area contributed by atoms with Gasteiger partial charge in [0.25, 0.3) is 0 Å². The Labute approximate surface area is 176 Å². The molecule has 2 amide bonds. The molecule has 30 heavy (non-hydrogen) atoms. The summed E-state index contributed by atoms with van der Waals surface area (Å²) in [7, 11) is 0. The van der Waals surface area contributed by atoms with Crippen LogP contribution < -0.4 is 15.5 Å². The fourth-order valence-electron chi connectivity index (χ4n) is 3.40. The van der Waals surface area contributed by atoms with Gasteiger partial charge in [0.15, 0.2) is 5.82 Å². The predicted octanol–water partition coefficient (Wildman–Crippen LogP) is 4.19. The zero-order chi connectivity index (χ0) is 20.8. The minimum absolute atomic E-state index is 0.265. The molecule has 1 aromatic heterocycles. The highest BCUT2D eigenvalue weighted by Crippen LogP contribution is 2.22. The molecule has 0 radical (unpaired) electrons. The quantitative estimate of drug-likeness (QED) is 0.668. The summed E-state index contributed by atoms with van der Waals surface area (Å²) in [6.07, 6.45) is 0.858. The molecule has 0 spiro atoms. The maximum Gasteiger partial charge on any atom is 0.323 e. The molecule has 2 N–H and O–H groups in total. The topological polar surface area (TPSA) is 79.4 Å². The van der Waals surface area contributed by atoms with Gasteiger partial charge in [-0.2, -0.15) is 0 Å². The number of hydrogen-bond donors (Lipinski definition) is 2. The number of benzene rings is 2. The monoisotopic (exact) mass is 403 g/mol. The van der Waals surface area contributed by atoms with E-state index < -0.39 is 0 Å². The molecule has 0 atom stereocenters. The van der Waals surface area contributed by atoms with E-state index in [0.717, 1.165) is 61.1 Å². The van der Waals surface area contributed by atoms with Crippen molar-refractivity contribution in [1.82, 2.24) is 10.2 Å². The number of anilines is 3. The number of aromatic nitrogens is 2. The molecule has 0 saturated carbocycles. The van der Waals surface area contributed by atoms with Crippen LogP contribution in [0.1, 0.15) is 12.5 Å². The number of hydrogen-bond acceptors (Lipinski definition) is 5. The second-order valence-corrected chi connectivity index (χ2v) is 7.04. The SMILES string of the molecule is CCc1ccccc1NC(=O)Nc1ccc(-c2ccc(N3CCOCC3)nn2)cc1. The molecule has 2 heterocycles. The number of morpholine rings is 1. The van der Waals surface area contributed by atoms with Crippen molar-refractivity contribution in [3.05, 3.63) is 66.2 Å². The van der Waals surface area contributed by atoms with E-state index in [2.05, 4.69) is 32.7 Å². The van der Waals surface area contributed by atoms with E-state index in [-0.39, 0.29) is 6.03 Å². The lowest BCUT2D eigenvalue weighted by Gasteiger charge is -2.27. The Bertz CT molecular complexity index is 983. The van der Waals surface area contributed by atoms with E-state index in [9.17, 15) is 4.79 Å². The average molecular weight is 403 g/mol. The summed E-state index contributed by atoms with van der Waals surface area (Å²) in [4.78, 5) is 14.5. The van der Waals surface area contributed by atoms with Gasteiger partial charge < -0.3 is 20.3 Å². The van der Waals surface area contributed by atoms with Crippen LogP contribution in [0.5, 0.6) is 0 Å². The van der Waals surface area contributed by atoms with Crippen molar-refractivity contribution in [2.45, 2.75) is 13.3 Å². The van der Waals surface area contributed by atoms with Gasteiger partial charge in [0.05, 0.1) is 18.9 Å². The Hall–Kier alpha value is -3.45. The van der Waals surface area contributed by atoms with Gasteiger partial charge in [-0.05, 0) is 42.3 Å². The first-order valence-corrected chi connectivity index (χ1v) is 10.2. The summed E-state index contributed by atoms with van der Waals surface area (Å²) in [6.45, 7) is 5.16. The average Bonchev–Trinajstić information content (AvgIpc) is 2.80. The summed E-state index contributed by atoms with van der Waals surface area (Å²) in [5, 5.41) is 14.5. The van der Waals surface area contributed by atoms with Gasteiger partial charge >= 0.3 is 6.03 Å². The molecular formula is C23H25N5O2. The second-order valence-electron chi connectivity index (χ2n) is 7.04. The van der Waals surface area contributed by atoms with Crippen LogP contribution in [0.25, 0.3) is 11.3 Å². The smallest absolute Gasteiger partial charge is 0.323 e. The number of nitrogens with zero attached hydrogens (tertiary/aromatic N) is 3. The normalized spacial score (nSPS) is 13.7. The molecule has 154 valence electrons. The molecule has 1 aliphatic heterocycles. The molecule has 7 heteroatoms. The third kappa shape index (κ3) is 4.75. The number of para-hydroxylation sites is 1. The molecule has 0 unspecified atom stereocenters. The van der Waals surface area contributed by atoms with Gasteiger partial charge in [-0.25, -0.2) is 4.79 Å². The first kappa shape index (κ1) is 19.8. The standard InChI is InChI=1S/C23H25N5O2/c1-2-17-5-3-4-6-20(17)25-23(29)24-19-9-7-18(8-10-19)21-11-12-22(27-26-21)28-13-15-30-16-14-28/h3-12H,2,13-16H2,1H3,(H2,24,25,29). The highest BCUT2D eigenvalue weighted by atomic mass is 16.5. The third-order valence-corrected chi connectivity index (χ3v) is 5.07. The fourth-order valence-corrected chi connectivity index (χ4v) is 3.40. The number of urea groups is 1. The summed E-state index contributed by atoms with van der Waals surface area (Å²) >= 11 is 0. The molecule has 4 rings (SSSR count). The minimum atomic E-state index is -0.265. The lowest BCUT2D eigenvalue weighted by molar-refractivity contribution is 0.122. The van der Waals surface area contributed by atoms with E-state index in [4.69, 9.17) is 4.74 Å². The van der Waals surface area contributed by atoms with Crippen LogP contribution in [0, 0.1) is 0 Å². The Morgan fingerprint density at radius 1 is 0.967 bits per heavy atom. The third-order valence-electron chi connectivity index (χ3n) is 5.07. The van der Waals surface area contributed by atoms with E-state index in [0.29, 0.717) is 5.69 Å². The zero-order valence-corrected chi connectivity index (χ0v) is 17.0. The highest BCUT2D eigenvalue weighted by molar-refractivity contribution is 6.00. The number of rotatable bonds is 5. The minimum Gasteiger partial charge on any atom is -0.378 e. The molecule has 0 bridgehead atoms. The van der Waals surface area contributed by atoms with Gasteiger partial charge in [0.1, 0.15) is 0 Å². The van der Waals surface area contributed by atoms with E-state index in [1.54, 1.807) is 0 Å². The van der Waals surface area contributed by atoms with Crippen molar-refractivity contribution in [3.8, 4) is 11.3 Å². The zero-order valence-electron chi connectivity index (χ0n) is 17.0. The molecule has 1 fully saturated rings. The molecule has 3 aromatic rings. The molecule has 0 aliphatic carbocycles. The van der Waals surface area contributed by atoms with Crippen molar-refractivity contribution < 1.29 is 9.53 Å². The van der Waals surface area contributed by atoms with E-state index in [1.165, 1.54) is 0 Å². The highest BCUT2D eigenvalue weighted by Gasteiger charge is 2.13. The second kappa shape index (κ2) is 9.37. The molecule has 1 aliphatic rings. The van der Waals surface area contributed by atoms with Gasteiger partial charge in [0, 0.05) is 30.0 Å². The summed E-state index contributed by atoms with van der Waals surface area (Å²) < 4.78 is 5.37. The molecule has 1 saturated heterocycles. The summed E-state index contributed by atoms with van der Waals surface area (Å²) in [5.74, 6) is 0.865. The van der Waals surface area contributed by atoms with E-state index in [1.807, 2.05) is 60.7 Å². The van der Waals surface area contributed by atoms with Crippen molar-refractivity contribution in [2.75, 3.05) is 41.8 Å². The van der Waals surface area contributed by atoms with Crippen molar-refractivity contribution in [3.63, 3.8) is 0 Å². The number of carbonyl (C=O) groups is 1. The van der Waals surface area contributed by atoms with Crippen LogP contribution in [0.15, 0.2) is 60.7 Å². The van der Waals surface area contributed by atoms with Crippen LogP contribution >= 0.6 is 0 Å². The van der Waals surface area contributed by atoms with E-state index >= 15 is 0 Å². The largest absolute Gasteiger partial charge is 0.378 e. The number of amides is 2. The van der Waals surface area contributed by atoms with Gasteiger partial charge in [-0.1, -0.05) is 37.3 Å². The van der Waals surface area contributed by atoms with Crippen molar-refractivity contribution in [2.24, 2.45) is 0 Å². The Morgan fingerprint density at radius 3 is 2.43 bits per heavy atom. The van der Waals surface area contributed by atoms with Gasteiger partial charge in [0.2, 0.25) is 0 Å². The van der Waals surface area contributed by atoms with Crippen molar-refractivity contribution >= 4 is 23.2 Å². The molecule has 2 aromatic carbocycles. The Balaban J connectivity index is 1.38. The Kier molecular flexibility index (Phi) is 6.20. The first-order chi connectivity index (χ1) is 14.7. The molecular weight excluding hydrogens is 378 g/mol. The Morgan fingerprint density at radius 2 is 1.73 bits per heavy atom. The maximum atomic E-state index is 12.3. The number of nitrogens with one attached hydrogen (secondary N) is 2. The van der Waals surface area contributed by atoms with Crippen LogP contribution in [0.2, 0.25) is 0 Å². The lowest BCUT2D eigenvalue weighted by atomic mass is 10.1. The number of carbonyl (C=O) groups excluding carboxylic acids is 1. The molecule has 7 nitrogen and oxygen atoms in total. The fraction of sp³-hybridized carbons (Fsp3) is 0.261. The number of ether oxygens (including phenoxy) is 1. The predicted molar refractivity (Wildman–Crippen MR) is 119 cm³/mol. The van der Waals surface area contributed by atoms with Crippen LogP contribution in [0.3, 0.4) is 0 Å². The van der Waals surface area contributed by atoms with Crippen LogP contribution in [0.4, 0.5) is 22.0 Å².